The number of aryl methyl sites for hydroxylation is 1. The molecule has 0 aliphatic carbocycles. The van der Waals surface area contributed by atoms with E-state index in [4.69, 9.17) is 4.42 Å². The average molecular weight is 344 g/mol. The van der Waals surface area contributed by atoms with Crippen LogP contribution in [0, 0.1) is 6.92 Å². The number of benzene rings is 3. The Balaban J connectivity index is 2.01. The Labute approximate surface area is 150 Å². The molecule has 1 aromatic heterocycles. The fourth-order valence-electron chi connectivity index (χ4n) is 3.06. The van der Waals surface area contributed by atoms with Gasteiger partial charge in [-0.25, -0.2) is 0 Å². The second kappa shape index (κ2) is 6.08. The summed E-state index contributed by atoms with van der Waals surface area (Å²) in [5.41, 5.74) is 2.76. The first-order valence-electron chi connectivity index (χ1n) is 8.20. The summed E-state index contributed by atoms with van der Waals surface area (Å²) >= 11 is 0. The van der Waals surface area contributed by atoms with Gasteiger partial charge in [0.15, 0.2) is 5.78 Å². The molecule has 4 nitrogen and oxygen atoms in total. The van der Waals surface area contributed by atoms with E-state index in [0.717, 1.165) is 5.56 Å². The third-order valence-electron chi connectivity index (χ3n) is 4.47. The number of rotatable bonds is 3. The van der Waals surface area contributed by atoms with Crippen LogP contribution in [0.15, 0.2) is 71.1 Å². The van der Waals surface area contributed by atoms with E-state index in [1.807, 2.05) is 30.3 Å². The van der Waals surface area contributed by atoms with Gasteiger partial charge in [0.25, 0.3) is 0 Å². The maximum absolute atomic E-state index is 13.2. The van der Waals surface area contributed by atoms with Crippen LogP contribution in [-0.4, -0.2) is 16.0 Å². The summed E-state index contributed by atoms with van der Waals surface area (Å²) in [4.78, 5) is 13.2. The molecule has 26 heavy (non-hydrogen) atoms. The summed E-state index contributed by atoms with van der Waals surface area (Å²) in [6.07, 6.45) is 0. The Morgan fingerprint density at radius 1 is 0.885 bits per heavy atom. The van der Waals surface area contributed by atoms with Crippen LogP contribution >= 0.6 is 0 Å². The fraction of sp³-hybridized carbons (Fsp3) is 0.0455. The molecule has 0 bridgehead atoms. The van der Waals surface area contributed by atoms with Crippen LogP contribution < -0.4 is 0 Å². The van der Waals surface area contributed by atoms with Crippen molar-refractivity contribution in [2.45, 2.75) is 6.92 Å². The molecule has 2 N–H and O–H groups in total. The van der Waals surface area contributed by atoms with Crippen molar-refractivity contribution in [1.82, 2.24) is 0 Å². The Bertz CT molecular complexity index is 1110. The van der Waals surface area contributed by atoms with Gasteiger partial charge in [0.1, 0.15) is 22.8 Å². The molecule has 3 aromatic carbocycles. The molecule has 128 valence electrons. The van der Waals surface area contributed by atoms with Crippen molar-refractivity contribution < 1.29 is 19.4 Å². The molecular formula is C22H16O4. The first-order chi connectivity index (χ1) is 12.6. The van der Waals surface area contributed by atoms with Crippen molar-refractivity contribution in [2.24, 2.45) is 0 Å². The van der Waals surface area contributed by atoms with Gasteiger partial charge in [-0.1, -0.05) is 30.3 Å². The SMILES string of the molecule is Cc1c(O)ccc2c(C(=O)c3ccc(O)cc3)c(-c3ccccc3)oc12. The first kappa shape index (κ1) is 16.0. The zero-order valence-corrected chi connectivity index (χ0v) is 14.1. The minimum Gasteiger partial charge on any atom is -0.508 e. The van der Waals surface area contributed by atoms with Crippen molar-refractivity contribution in [1.29, 1.82) is 0 Å². The molecule has 4 heteroatoms. The molecule has 4 aromatic rings. The van der Waals surface area contributed by atoms with Crippen molar-refractivity contribution in [3.8, 4) is 22.8 Å². The quantitative estimate of drug-likeness (QED) is 0.510. The third kappa shape index (κ3) is 2.52. The van der Waals surface area contributed by atoms with Gasteiger partial charge in [0, 0.05) is 22.1 Å². The number of phenolic OH excluding ortho intramolecular Hbond substituents is 2. The molecule has 0 fully saturated rings. The standard InChI is InChI=1S/C22H16O4/c1-13-18(24)12-11-17-19(20(25)14-7-9-16(23)10-8-14)22(26-21(13)17)15-5-3-2-4-6-15/h2-12,23-24H,1H3. The van der Waals surface area contributed by atoms with Gasteiger partial charge in [-0.3, -0.25) is 4.79 Å². The van der Waals surface area contributed by atoms with Crippen LogP contribution in [0.5, 0.6) is 11.5 Å². The molecule has 0 unspecified atom stereocenters. The van der Waals surface area contributed by atoms with Crippen LogP contribution in [0.3, 0.4) is 0 Å². The first-order valence-corrected chi connectivity index (χ1v) is 8.20. The van der Waals surface area contributed by atoms with Gasteiger partial charge in [0.05, 0.1) is 5.56 Å². The molecule has 4 rings (SSSR count). The second-order valence-electron chi connectivity index (χ2n) is 6.13. The summed E-state index contributed by atoms with van der Waals surface area (Å²) < 4.78 is 6.03. The lowest BCUT2D eigenvalue weighted by atomic mass is 9.96. The number of ketones is 1. The van der Waals surface area contributed by atoms with Crippen LogP contribution in [0.1, 0.15) is 21.5 Å². The molecule has 0 saturated heterocycles. The smallest absolute Gasteiger partial charge is 0.197 e. The predicted molar refractivity (Wildman–Crippen MR) is 99.6 cm³/mol. The molecule has 0 radical (unpaired) electrons. The maximum Gasteiger partial charge on any atom is 0.197 e. The van der Waals surface area contributed by atoms with E-state index in [1.165, 1.54) is 12.1 Å². The predicted octanol–water partition coefficient (Wildman–Crippen LogP) is 5.05. The number of phenols is 2. The average Bonchev–Trinajstić information content (AvgIpc) is 3.06. The minimum absolute atomic E-state index is 0.0997. The molecule has 0 saturated carbocycles. The molecule has 0 spiro atoms. The molecule has 0 aliphatic heterocycles. The number of carbonyl (C=O) groups is 1. The molecule has 0 amide bonds. The topological polar surface area (TPSA) is 70.7 Å². The van der Waals surface area contributed by atoms with Crippen LogP contribution in [0.2, 0.25) is 0 Å². The van der Waals surface area contributed by atoms with Gasteiger partial charge < -0.3 is 14.6 Å². The number of aromatic hydroxyl groups is 2. The Hall–Kier alpha value is -3.53. The van der Waals surface area contributed by atoms with E-state index in [9.17, 15) is 15.0 Å². The molecular weight excluding hydrogens is 328 g/mol. The fourth-order valence-corrected chi connectivity index (χ4v) is 3.06. The van der Waals surface area contributed by atoms with E-state index in [1.54, 1.807) is 31.2 Å². The highest BCUT2D eigenvalue weighted by atomic mass is 16.3. The van der Waals surface area contributed by atoms with Gasteiger partial charge in [-0.05, 0) is 43.3 Å². The van der Waals surface area contributed by atoms with Gasteiger partial charge in [-0.2, -0.15) is 0 Å². The summed E-state index contributed by atoms with van der Waals surface area (Å²) in [6, 6.07) is 18.8. The van der Waals surface area contributed by atoms with Crippen molar-refractivity contribution in [3.05, 3.63) is 83.4 Å². The number of hydrogen-bond acceptors (Lipinski definition) is 4. The molecule has 0 aliphatic rings. The van der Waals surface area contributed by atoms with E-state index < -0.39 is 0 Å². The van der Waals surface area contributed by atoms with Crippen molar-refractivity contribution >= 4 is 16.8 Å². The number of fused-ring (bicyclic) bond motifs is 1. The Morgan fingerprint density at radius 2 is 1.58 bits per heavy atom. The van der Waals surface area contributed by atoms with E-state index in [-0.39, 0.29) is 17.3 Å². The maximum atomic E-state index is 13.2. The third-order valence-corrected chi connectivity index (χ3v) is 4.47. The second-order valence-corrected chi connectivity index (χ2v) is 6.13. The van der Waals surface area contributed by atoms with Gasteiger partial charge in [0.2, 0.25) is 0 Å². The lowest BCUT2D eigenvalue weighted by Gasteiger charge is -2.04. The van der Waals surface area contributed by atoms with Crippen molar-refractivity contribution in [2.75, 3.05) is 0 Å². The van der Waals surface area contributed by atoms with Crippen molar-refractivity contribution in [3.63, 3.8) is 0 Å². The highest BCUT2D eigenvalue weighted by molar-refractivity contribution is 6.20. The van der Waals surface area contributed by atoms with E-state index >= 15 is 0 Å². The zero-order valence-electron chi connectivity index (χ0n) is 14.1. The van der Waals surface area contributed by atoms with E-state index in [2.05, 4.69) is 0 Å². The highest BCUT2D eigenvalue weighted by Crippen LogP contribution is 2.38. The summed E-state index contributed by atoms with van der Waals surface area (Å²) in [6.45, 7) is 1.75. The zero-order chi connectivity index (χ0) is 18.3. The molecule has 0 atom stereocenters. The Kier molecular flexibility index (Phi) is 3.73. The van der Waals surface area contributed by atoms with Crippen LogP contribution in [-0.2, 0) is 0 Å². The van der Waals surface area contributed by atoms with Crippen LogP contribution in [0.4, 0.5) is 0 Å². The Morgan fingerprint density at radius 3 is 2.27 bits per heavy atom. The number of furan rings is 1. The van der Waals surface area contributed by atoms with Gasteiger partial charge >= 0.3 is 0 Å². The van der Waals surface area contributed by atoms with E-state index in [0.29, 0.717) is 33.4 Å². The monoisotopic (exact) mass is 344 g/mol. The van der Waals surface area contributed by atoms with Crippen LogP contribution in [0.25, 0.3) is 22.3 Å². The summed E-state index contributed by atoms with van der Waals surface area (Å²) in [5, 5.41) is 20.1. The minimum atomic E-state index is -0.201. The normalized spacial score (nSPS) is 11.0. The molecule has 1 heterocycles. The summed E-state index contributed by atoms with van der Waals surface area (Å²) in [7, 11) is 0. The largest absolute Gasteiger partial charge is 0.508 e. The summed E-state index contributed by atoms with van der Waals surface area (Å²) in [5.74, 6) is 0.484. The highest BCUT2D eigenvalue weighted by Gasteiger charge is 2.24. The number of hydrogen-bond donors (Lipinski definition) is 2. The lowest BCUT2D eigenvalue weighted by Crippen LogP contribution is -2.02. The number of carbonyl (C=O) groups excluding carboxylic acids is 1. The van der Waals surface area contributed by atoms with Gasteiger partial charge in [-0.15, -0.1) is 0 Å². The lowest BCUT2D eigenvalue weighted by molar-refractivity contribution is 0.104.